The molecule has 1 N–H and O–H groups in total. The van der Waals surface area contributed by atoms with Gasteiger partial charge in [0.1, 0.15) is 0 Å². The van der Waals surface area contributed by atoms with Gasteiger partial charge in [0.25, 0.3) is 5.91 Å². The molecule has 0 aliphatic heterocycles. The second-order valence-electron chi connectivity index (χ2n) is 6.25. The van der Waals surface area contributed by atoms with Crippen molar-refractivity contribution < 1.29 is 14.3 Å². The van der Waals surface area contributed by atoms with Crippen molar-refractivity contribution in [2.24, 2.45) is 0 Å². The van der Waals surface area contributed by atoms with Crippen LogP contribution in [0.25, 0.3) is 5.69 Å². The highest BCUT2D eigenvalue weighted by Crippen LogP contribution is 2.23. The minimum atomic E-state index is -0.517. The molecule has 2 aromatic carbocycles. The number of nitrogens with one attached hydrogen (secondary N) is 1. The molecule has 0 saturated heterocycles. The van der Waals surface area contributed by atoms with Crippen LogP contribution in [0.3, 0.4) is 0 Å². The maximum atomic E-state index is 12.9. The van der Waals surface area contributed by atoms with E-state index in [1.54, 1.807) is 4.68 Å². The molecule has 1 unspecified atom stereocenters. The van der Waals surface area contributed by atoms with Crippen molar-refractivity contribution in [3.63, 3.8) is 0 Å². The van der Waals surface area contributed by atoms with Crippen LogP contribution in [0.2, 0.25) is 0 Å². The van der Waals surface area contributed by atoms with E-state index in [1.807, 2.05) is 61.5 Å². The predicted octanol–water partition coefficient (Wildman–Crippen LogP) is 3.98. The Balaban J connectivity index is 1.86. The van der Waals surface area contributed by atoms with Gasteiger partial charge in [0.2, 0.25) is 0 Å². The topological polar surface area (TPSA) is 73.2 Å². The van der Waals surface area contributed by atoms with Crippen LogP contribution in [0.1, 0.15) is 34.1 Å². The van der Waals surface area contributed by atoms with E-state index in [0.717, 1.165) is 21.4 Å². The summed E-state index contributed by atoms with van der Waals surface area (Å²) in [4.78, 5) is 24.8. The monoisotopic (exact) mass is 441 g/mol. The highest BCUT2D eigenvalue weighted by Gasteiger charge is 2.22. The SMILES string of the molecule is COC(=O)CC(NC(=O)c1cnn(-c2ccccc2)c1C)c1cccc(Br)c1. The molecule has 0 aliphatic carbocycles. The standard InChI is InChI=1S/C21H20BrN3O3/c1-14-18(13-23-25(14)17-9-4-3-5-10-17)21(27)24-19(12-20(26)28-2)15-7-6-8-16(22)11-15/h3-11,13,19H,12H2,1-2H3,(H,24,27). The van der Waals surface area contributed by atoms with Gasteiger partial charge in [-0.1, -0.05) is 46.3 Å². The summed E-state index contributed by atoms with van der Waals surface area (Å²) in [7, 11) is 1.33. The van der Waals surface area contributed by atoms with Crippen LogP contribution in [0.5, 0.6) is 0 Å². The molecule has 1 heterocycles. The Hall–Kier alpha value is -2.93. The lowest BCUT2D eigenvalue weighted by molar-refractivity contribution is -0.141. The fourth-order valence-electron chi connectivity index (χ4n) is 2.92. The smallest absolute Gasteiger partial charge is 0.307 e. The van der Waals surface area contributed by atoms with Gasteiger partial charge >= 0.3 is 5.97 Å². The number of benzene rings is 2. The number of methoxy groups -OCH3 is 1. The molecule has 1 atom stereocenters. The number of esters is 1. The summed E-state index contributed by atoms with van der Waals surface area (Å²) in [6, 6.07) is 16.5. The zero-order valence-electron chi connectivity index (χ0n) is 15.6. The predicted molar refractivity (Wildman–Crippen MR) is 109 cm³/mol. The summed E-state index contributed by atoms with van der Waals surface area (Å²) in [6.07, 6.45) is 1.57. The van der Waals surface area contributed by atoms with Gasteiger partial charge in [-0.3, -0.25) is 9.59 Å². The maximum absolute atomic E-state index is 12.9. The molecular weight excluding hydrogens is 422 g/mol. The van der Waals surface area contributed by atoms with E-state index < -0.39 is 12.0 Å². The largest absolute Gasteiger partial charge is 0.469 e. The molecule has 7 heteroatoms. The Kier molecular flexibility index (Phi) is 6.26. The summed E-state index contributed by atoms with van der Waals surface area (Å²) in [6.45, 7) is 1.84. The van der Waals surface area contributed by atoms with Crippen molar-refractivity contribution in [1.29, 1.82) is 0 Å². The van der Waals surface area contributed by atoms with E-state index in [-0.39, 0.29) is 12.3 Å². The van der Waals surface area contributed by atoms with Gasteiger partial charge in [-0.05, 0) is 36.8 Å². The minimum absolute atomic E-state index is 0.0323. The molecule has 6 nitrogen and oxygen atoms in total. The molecule has 0 fully saturated rings. The van der Waals surface area contributed by atoms with E-state index in [4.69, 9.17) is 4.74 Å². The molecule has 144 valence electrons. The van der Waals surface area contributed by atoms with E-state index in [0.29, 0.717) is 5.56 Å². The number of hydrogen-bond acceptors (Lipinski definition) is 4. The molecule has 0 radical (unpaired) electrons. The number of amides is 1. The van der Waals surface area contributed by atoms with Crippen molar-refractivity contribution in [3.05, 3.63) is 82.1 Å². The number of nitrogens with zero attached hydrogens (tertiary/aromatic N) is 2. The first-order chi connectivity index (χ1) is 13.5. The maximum Gasteiger partial charge on any atom is 0.307 e. The number of hydrogen-bond donors (Lipinski definition) is 1. The number of para-hydroxylation sites is 1. The number of rotatable bonds is 6. The lowest BCUT2D eigenvalue weighted by Gasteiger charge is -2.18. The Morgan fingerprint density at radius 3 is 2.61 bits per heavy atom. The quantitative estimate of drug-likeness (QED) is 0.587. The first-order valence-corrected chi connectivity index (χ1v) is 9.52. The third-order valence-corrected chi connectivity index (χ3v) is 4.90. The fourth-order valence-corrected chi connectivity index (χ4v) is 3.34. The van der Waals surface area contributed by atoms with Gasteiger partial charge in [-0.15, -0.1) is 0 Å². The van der Waals surface area contributed by atoms with E-state index >= 15 is 0 Å². The number of aromatic nitrogens is 2. The molecular formula is C21H20BrN3O3. The molecule has 1 amide bonds. The summed E-state index contributed by atoms with van der Waals surface area (Å²) < 4.78 is 7.36. The molecule has 3 rings (SSSR count). The minimum Gasteiger partial charge on any atom is -0.469 e. The Morgan fingerprint density at radius 2 is 1.93 bits per heavy atom. The Bertz CT molecular complexity index is 986. The van der Waals surface area contributed by atoms with Gasteiger partial charge in [-0.25, -0.2) is 4.68 Å². The number of carbonyl (C=O) groups excluding carboxylic acids is 2. The summed E-state index contributed by atoms with van der Waals surface area (Å²) >= 11 is 3.42. The van der Waals surface area contributed by atoms with Crippen molar-refractivity contribution >= 4 is 27.8 Å². The van der Waals surface area contributed by atoms with Gasteiger partial charge in [0.15, 0.2) is 0 Å². The third-order valence-electron chi connectivity index (χ3n) is 4.41. The highest BCUT2D eigenvalue weighted by molar-refractivity contribution is 9.10. The van der Waals surface area contributed by atoms with Gasteiger partial charge in [-0.2, -0.15) is 5.10 Å². The van der Waals surface area contributed by atoms with Crippen molar-refractivity contribution in [2.45, 2.75) is 19.4 Å². The van der Waals surface area contributed by atoms with Gasteiger partial charge < -0.3 is 10.1 Å². The molecule has 0 bridgehead atoms. The van der Waals surface area contributed by atoms with Crippen molar-refractivity contribution in [3.8, 4) is 5.69 Å². The van der Waals surface area contributed by atoms with Gasteiger partial charge in [0.05, 0.1) is 42.7 Å². The molecule has 28 heavy (non-hydrogen) atoms. The second-order valence-corrected chi connectivity index (χ2v) is 7.17. The molecule has 1 aromatic heterocycles. The zero-order chi connectivity index (χ0) is 20.1. The van der Waals surface area contributed by atoms with Crippen molar-refractivity contribution in [1.82, 2.24) is 15.1 Å². The summed E-state index contributed by atoms with van der Waals surface area (Å²) in [5, 5.41) is 7.27. The normalized spacial score (nSPS) is 11.7. The van der Waals surface area contributed by atoms with Gasteiger partial charge in [0, 0.05) is 4.47 Å². The first-order valence-electron chi connectivity index (χ1n) is 8.72. The lowest BCUT2D eigenvalue weighted by Crippen LogP contribution is -2.30. The fraction of sp³-hybridized carbons (Fsp3) is 0.190. The van der Waals surface area contributed by atoms with E-state index in [9.17, 15) is 9.59 Å². The summed E-state index contributed by atoms with van der Waals surface area (Å²) in [5.74, 6) is -0.699. The zero-order valence-corrected chi connectivity index (χ0v) is 17.1. The van der Waals surface area contributed by atoms with Crippen LogP contribution in [0, 0.1) is 6.92 Å². The molecule has 0 saturated carbocycles. The van der Waals surface area contributed by atoms with Crippen LogP contribution in [0.15, 0.2) is 65.3 Å². The van der Waals surface area contributed by atoms with Crippen molar-refractivity contribution in [2.75, 3.05) is 7.11 Å². The summed E-state index contributed by atoms with van der Waals surface area (Å²) in [5.41, 5.74) is 2.85. The van der Waals surface area contributed by atoms with Crippen LogP contribution in [-0.4, -0.2) is 28.8 Å². The van der Waals surface area contributed by atoms with Crippen LogP contribution < -0.4 is 5.32 Å². The highest BCUT2D eigenvalue weighted by atomic mass is 79.9. The molecule has 3 aromatic rings. The van der Waals surface area contributed by atoms with E-state index in [2.05, 4.69) is 26.3 Å². The first kappa shape index (κ1) is 19.8. The third kappa shape index (κ3) is 4.48. The number of halogens is 1. The Labute approximate surface area is 171 Å². The average Bonchev–Trinajstić information content (AvgIpc) is 3.09. The number of ether oxygens (including phenoxy) is 1. The molecule has 0 aliphatic rings. The van der Waals surface area contributed by atoms with Crippen LogP contribution in [-0.2, 0) is 9.53 Å². The lowest BCUT2D eigenvalue weighted by atomic mass is 10.0. The number of carbonyl (C=O) groups is 2. The average molecular weight is 442 g/mol. The van der Waals surface area contributed by atoms with Crippen LogP contribution in [0.4, 0.5) is 0 Å². The van der Waals surface area contributed by atoms with E-state index in [1.165, 1.54) is 13.3 Å². The molecule has 0 spiro atoms. The second kappa shape index (κ2) is 8.84. The Morgan fingerprint density at radius 1 is 1.18 bits per heavy atom. The van der Waals surface area contributed by atoms with Crippen LogP contribution >= 0.6 is 15.9 Å².